The van der Waals surface area contributed by atoms with E-state index >= 15 is 0 Å². The number of nitrogens with zero attached hydrogens (tertiary/aromatic N) is 1. The summed E-state index contributed by atoms with van der Waals surface area (Å²) in [6, 6.07) is 0. The summed E-state index contributed by atoms with van der Waals surface area (Å²) in [5, 5.41) is 2.13. The van der Waals surface area contributed by atoms with Gasteiger partial charge in [-0.15, -0.1) is 11.3 Å². The van der Waals surface area contributed by atoms with Gasteiger partial charge in [0.2, 0.25) is 0 Å². The number of thiazole rings is 1. The summed E-state index contributed by atoms with van der Waals surface area (Å²) in [6.45, 7) is 4.90. The minimum Gasteiger partial charge on any atom is -0.375 e. The van der Waals surface area contributed by atoms with E-state index in [9.17, 15) is 13.2 Å². The Kier molecular flexibility index (Phi) is 4.50. The first-order chi connectivity index (χ1) is 8.12. The first kappa shape index (κ1) is 15.1. The molecule has 0 radical (unpaired) electrons. The Hall–Kier alpha value is -0.950. The highest BCUT2D eigenvalue weighted by Gasteiger charge is 2.29. The van der Waals surface area contributed by atoms with E-state index in [0.717, 1.165) is 0 Å². The normalized spacial score (nSPS) is 12.6. The van der Waals surface area contributed by atoms with Crippen LogP contribution in [0.5, 0.6) is 0 Å². The van der Waals surface area contributed by atoms with Gasteiger partial charge in [-0.25, -0.2) is 13.4 Å². The highest BCUT2D eigenvalue weighted by Crippen LogP contribution is 2.17. The van der Waals surface area contributed by atoms with Crippen LogP contribution in [-0.4, -0.2) is 29.7 Å². The SMILES string of the molecule is CC(C)(C)S(=O)(=O)CCC(=O)Cc1csc(N)n1. The third-order valence-corrected chi connectivity index (χ3v) is 5.86. The van der Waals surface area contributed by atoms with Gasteiger partial charge < -0.3 is 5.73 Å². The lowest BCUT2D eigenvalue weighted by atomic mass is 10.2. The van der Waals surface area contributed by atoms with Crippen molar-refractivity contribution in [2.45, 2.75) is 38.4 Å². The number of anilines is 1. The van der Waals surface area contributed by atoms with E-state index in [4.69, 9.17) is 5.73 Å². The molecule has 0 bridgehead atoms. The van der Waals surface area contributed by atoms with E-state index in [1.807, 2.05) is 0 Å². The third kappa shape index (κ3) is 4.06. The van der Waals surface area contributed by atoms with Gasteiger partial charge in [-0.05, 0) is 20.8 Å². The second-order valence-corrected chi connectivity index (χ2v) is 8.83. The minimum absolute atomic E-state index is 0.0248. The molecular formula is C11H18N2O3S2. The van der Waals surface area contributed by atoms with Crippen LogP contribution in [0.2, 0.25) is 0 Å². The molecule has 0 unspecified atom stereocenters. The van der Waals surface area contributed by atoms with E-state index < -0.39 is 14.6 Å². The number of hydrogen-bond acceptors (Lipinski definition) is 6. The van der Waals surface area contributed by atoms with Gasteiger partial charge in [0, 0.05) is 18.2 Å². The molecule has 0 aliphatic carbocycles. The first-order valence-corrected chi connectivity index (χ1v) is 8.09. The van der Waals surface area contributed by atoms with Crippen LogP contribution in [0, 0.1) is 0 Å². The van der Waals surface area contributed by atoms with E-state index in [2.05, 4.69) is 4.98 Å². The van der Waals surface area contributed by atoms with Gasteiger partial charge in [-0.3, -0.25) is 4.79 Å². The topological polar surface area (TPSA) is 90.1 Å². The molecule has 1 aromatic rings. The van der Waals surface area contributed by atoms with Crippen LogP contribution < -0.4 is 5.73 Å². The Balaban J connectivity index is 2.53. The number of ketones is 1. The fourth-order valence-corrected chi connectivity index (χ4v) is 2.92. The summed E-state index contributed by atoms with van der Waals surface area (Å²) in [7, 11) is -3.24. The number of aromatic nitrogens is 1. The summed E-state index contributed by atoms with van der Waals surface area (Å²) in [6.07, 6.45) is 0.171. The molecule has 0 atom stereocenters. The standard InChI is InChI=1S/C11H18N2O3S2/c1-11(2,3)18(15,16)5-4-9(14)6-8-7-17-10(12)13-8/h7H,4-6H2,1-3H3,(H2,12,13). The van der Waals surface area contributed by atoms with E-state index in [1.165, 1.54) is 11.3 Å². The summed E-state index contributed by atoms with van der Waals surface area (Å²) >= 11 is 1.27. The molecule has 1 heterocycles. The Morgan fingerprint density at radius 2 is 2.06 bits per heavy atom. The second kappa shape index (κ2) is 5.36. The number of hydrogen-bond donors (Lipinski definition) is 1. The number of nitrogens with two attached hydrogens (primary N) is 1. The van der Waals surface area contributed by atoms with Crippen molar-refractivity contribution in [3.8, 4) is 0 Å². The van der Waals surface area contributed by atoms with Crippen LogP contribution in [-0.2, 0) is 21.1 Å². The number of carbonyl (C=O) groups excluding carboxylic acids is 1. The number of carbonyl (C=O) groups is 1. The number of nitrogen functional groups attached to an aromatic ring is 1. The van der Waals surface area contributed by atoms with Gasteiger partial charge in [0.15, 0.2) is 15.0 Å². The lowest BCUT2D eigenvalue weighted by Crippen LogP contribution is -2.31. The molecule has 1 aromatic heterocycles. The van der Waals surface area contributed by atoms with E-state index in [0.29, 0.717) is 10.8 Å². The zero-order valence-electron chi connectivity index (χ0n) is 10.8. The molecule has 0 amide bonds. The van der Waals surface area contributed by atoms with E-state index in [-0.39, 0.29) is 24.4 Å². The molecule has 18 heavy (non-hydrogen) atoms. The number of rotatable bonds is 5. The van der Waals surface area contributed by atoms with Gasteiger partial charge in [0.1, 0.15) is 5.78 Å². The van der Waals surface area contributed by atoms with Crippen molar-refractivity contribution in [3.63, 3.8) is 0 Å². The Labute approximate surface area is 111 Å². The molecule has 5 nitrogen and oxygen atoms in total. The molecule has 0 saturated heterocycles. The van der Waals surface area contributed by atoms with Gasteiger partial charge in [0.25, 0.3) is 0 Å². The summed E-state index contributed by atoms with van der Waals surface area (Å²) in [5.41, 5.74) is 6.06. The molecule has 0 fully saturated rings. The maximum absolute atomic E-state index is 11.8. The molecule has 0 aliphatic rings. The smallest absolute Gasteiger partial charge is 0.180 e. The van der Waals surface area contributed by atoms with Crippen LogP contribution in [0.15, 0.2) is 5.38 Å². The van der Waals surface area contributed by atoms with Crippen molar-refractivity contribution in [2.75, 3.05) is 11.5 Å². The van der Waals surface area contributed by atoms with Gasteiger partial charge >= 0.3 is 0 Å². The number of Topliss-reactive ketones (excluding diaryl/α,β-unsaturated/α-hetero) is 1. The fourth-order valence-electron chi connectivity index (χ4n) is 1.25. The first-order valence-electron chi connectivity index (χ1n) is 5.56. The van der Waals surface area contributed by atoms with Crippen LogP contribution in [0.3, 0.4) is 0 Å². The molecule has 2 N–H and O–H groups in total. The van der Waals surface area contributed by atoms with E-state index in [1.54, 1.807) is 26.2 Å². The highest BCUT2D eigenvalue weighted by atomic mass is 32.2. The monoisotopic (exact) mass is 290 g/mol. The highest BCUT2D eigenvalue weighted by molar-refractivity contribution is 7.92. The van der Waals surface area contributed by atoms with Crippen LogP contribution >= 0.6 is 11.3 Å². The van der Waals surface area contributed by atoms with Crippen LogP contribution in [0.1, 0.15) is 32.9 Å². The van der Waals surface area contributed by atoms with Crippen LogP contribution in [0.25, 0.3) is 0 Å². The van der Waals surface area contributed by atoms with Gasteiger partial charge in [0.05, 0.1) is 16.2 Å². The molecule has 0 spiro atoms. The zero-order chi connectivity index (χ0) is 14.0. The van der Waals surface area contributed by atoms with Crippen molar-refractivity contribution in [1.29, 1.82) is 0 Å². The van der Waals surface area contributed by atoms with Crippen molar-refractivity contribution < 1.29 is 13.2 Å². The molecule has 0 aromatic carbocycles. The van der Waals surface area contributed by atoms with Crippen molar-refractivity contribution in [3.05, 3.63) is 11.1 Å². The summed E-state index contributed by atoms with van der Waals surface area (Å²) < 4.78 is 22.8. The van der Waals surface area contributed by atoms with Crippen LogP contribution in [0.4, 0.5) is 5.13 Å². The van der Waals surface area contributed by atoms with Crippen molar-refractivity contribution >= 4 is 32.1 Å². The Morgan fingerprint density at radius 3 is 2.50 bits per heavy atom. The summed E-state index contributed by atoms with van der Waals surface area (Å²) in [5.74, 6) is -0.247. The van der Waals surface area contributed by atoms with Gasteiger partial charge in [-0.2, -0.15) is 0 Å². The maximum Gasteiger partial charge on any atom is 0.180 e. The van der Waals surface area contributed by atoms with Crippen molar-refractivity contribution in [2.24, 2.45) is 0 Å². The Bertz CT molecular complexity index is 527. The quantitative estimate of drug-likeness (QED) is 0.886. The lowest BCUT2D eigenvalue weighted by molar-refractivity contribution is -0.118. The molecule has 0 saturated carbocycles. The predicted molar refractivity (Wildman–Crippen MR) is 73.4 cm³/mol. The molecule has 0 aliphatic heterocycles. The maximum atomic E-state index is 11.8. The lowest BCUT2D eigenvalue weighted by Gasteiger charge is -2.18. The minimum atomic E-state index is -3.24. The summed E-state index contributed by atoms with van der Waals surface area (Å²) in [4.78, 5) is 15.6. The third-order valence-electron chi connectivity index (χ3n) is 2.53. The average molecular weight is 290 g/mol. The largest absolute Gasteiger partial charge is 0.375 e. The van der Waals surface area contributed by atoms with Gasteiger partial charge in [-0.1, -0.05) is 0 Å². The zero-order valence-corrected chi connectivity index (χ0v) is 12.4. The molecule has 102 valence electrons. The molecule has 1 rings (SSSR count). The molecular weight excluding hydrogens is 272 g/mol. The average Bonchev–Trinajstić information content (AvgIpc) is 2.59. The molecule has 7 heteroatoms. The van der Waals surface area contributed by atoms with Crippen molar-refractivity contribution in [1.82, 2.24) is 4.98 Å². The fraction of sp³-hybridized carbons (Fsp3) is 0.636. The Morgan fingerprint density at radius 1 is 1.44 bits per heavy atom. The predicted octanol–water partition coefficient (Wildman–Crippen LogP) is 1.44. The number of sulfone groups is 1. The second-order valence-electron chi connectivity index (χ2n) is 5.07.